The molecule has 1 aliphatic rings. The van der Waals surface area contributed by atoms with Crippen molar-refractivity contribution in [3.8, 4) is 34.8 Å². The summed E-state index contributed by atoms with van der Waals surface area (Å²) in [5, 5.41) is 4.25. The van der Waals surface area contributed by atoms with E-state index in [1.807, 2.05) is 26.0 Å². The smallest absolute Gasteiger partial charge is 0.326 e. The number of benzene rings is 2. The summed E-state index contributed by atoms with van der Waals surface area (Å²) >= 11 is 12.1. The molecule has 0 amide bonds. The molecule has 0 bridgehead atoms. The van der Waals surface area contributed by atoms with E-state index in [1.54, 1.807) is 19.2 Å². The second kappa shape index (κ2) is 11.5. The predicted octanol–water partition coefficient (Wildman–Crippen LogP) is 5.24. The molecule has 1 atom stereocenters. The van der Waals surface area contributed by atoms with E-state index >= 15 is 0 Å². The molecule has 1 aromatic heterocycles. The van der Waals surface area contributed by atoms with Crippen LogP contribution in [0.5, 0.6) is 23.0 Å². The van der Waals surface area contributed by atoms with Gasteiger partial charge in [0, 0.05) is 25.1 Å². The normalized spacial score (nSPS) is 14.1. The van der Waals surface area contributed by atoms with E-state index in [9.17, 15) is 0 Å². The zero-order chi connectivity index (χ0) is 24.8. The average Bonchev–Trinajstić information content (AvgIpc) is 3.25. The minimum Gasteiger partial charge on any atom is -0.493 e. The van der Waals surface area contributed by atoms with Gasteiger partial charge in [-0.2, -0.15) is 0 Å². The first-order valence-corrected chi connectivity index (χ1v) is 12.0. The molecular weight excluding hydrogens is 493 g/mol. The number of alkyl halides is 1. The van der Waals surface area contributed by atoms with Crippen molar-refractivity contribution in [2.45, 2.75) is 32.8 Å². The van der Waals surface area contributed by atoms with Crippen LogP contribution in [0.4, 0.5) is 5.82 Å². The monoisotopic (exact) mass is 517 g/mol. The Morgan fingerprint density at radius 3 is 2.77 bits per heavy atom. The summed E-state index contributed by atoms with van der Waals surface area (Å²) in [6.45, 7) is 4.67. The fourth-order valence-electron chi connectivity index (χ4n) is 3.39. The van der Waals surface area contributed by atoms with Gasteiger partial charge in [0.2, 0.25) is 0 Å². The SMILES string of the molecule is COCC#Cc1ccc(Cl)c2c1O[C@H](Nc1ncnc3cc(OCCCCl)cc(OC(C)C)c13)O2. The van der Waals surface area contributed by atoms with E-state index in [4.69, 9.17) is 46.9 Å². The van der Waals surface area contributed by atoms with Crippen molar-refractivity contribution in [3.05, 3.63) is 41.2 Å². The van der Waals surface area contributed by atoms with E-state index in [-0.39, 0.29) is 6.10 Å². The van der Waals surface area contributed by atoms with E-state index in [1.165, 1.54) is 6.33 Å². The molecule has 8 nitrogen and oxygen atoms in total. The molecule has 35 heavy (non-hydrogen) atoms. The van der Waals surface area contributed by atoms with Gasteiger partial charge < -0.3 is 29.0 Å². The molecule has 0 spiro atoms. The first kappa shape index (κ1) is 25.0. The minimum atomic E-state index is -0.891. The third kappa shape index (κ3) is 5.93. The van der Waals surface area contributed by atoms with Crippen LogP contribution in [0.2, 0.25) is 5.02 Å². The van der Waals surface area contributed by atoms with Crippen LogP contribution in [0.1, 0.15) is 25.8 Å². The number of anilines is 1. The standard InChI is InChI=1S/C25H25Cl2N3O5/c1-15(2)33-20-13-17(32-11-5-9-26)12-19-21(20)24(29-14-28-19)30-25-34-22-16(6-4-10-31-3)7-8-18(27)23(22)35-25/h7-8,12-15,25H,5,9-11H2,1-3H3,(H,28,29,30)/t25-/m0/s1. The topological polar surface area (TPSA) is 84.0 Å². The van der Waals surface area contributed by atoms with Crippen LogP contribution in [0.3, 0.4) is 0 Å². The number of rotatable bonds is 9. The number of hydrogen-bond donors (Lipinski definition) is 1. The first-order valence-electron chi connectivity index (χ1n) is 11.0. The molecule has 0 radical (unpaired) electrons. The number of aromatic nitrogens is 2. The molecule has 184 valence electrons. The highest BCUT2D eigenvalue weighted by atomic mass is 35.5. The molecule has 1 N–H and O–H groups in total. The second-order valence-electron chi connectivity index (χ2n) is 7.80. The first-order chi connectivity index (χ1) is 17.0. The number of hydrogen-bond acceptors (Lipinski definition) is 8. The van der Waals surface area contributed by atoms with Gasteiger partial charge in [0.25, 0.3) is 0 Å². The summed E-state index contributed by atoms with van der Waals surface area (Å²) in [6.07, 6.45) is 1.20. The molecule has 4 rings (SSSR count). The summed E-state index contributed by atoms with van der Waals surface area (Å²) in [5.41, 5.74) is 1.28. The Balaban J connectivity index is 1.64. The number of methoxy groups -OCH3 is 1. The van der Waals surface area contributed by atoms with Crippen molar-refractivity contribution in [3.63, 3.8) is 0 Å². The molecule has 2 aromatic carbocycles. The molecular formula is C25H25Cl2N3O5. The highest BCUT2D eigenvalue weighted by Gasteiger charge is 2.30. The molecule has 0 unspecified atom stereocenters. The second-order valence-corrected chi connectivity index (χ2v) is 8.58. The molecule has 0 fully saturated rings. The van der Waals surface area contributed by atoms with Crippen molar-refractivity contribution in [2.24, 2.45) is 0 Å². The lowest BCUT2D eigenvalue weighted by atomic mass is 10.2. The maximum absolute atomic E-state index is 6.34. The summed E-state index contributed by atoms with van der Waals surface area (Å²) in [7, 11) is 1.58. The summed E-state index contributed by atoms with van der Waals surface area (Å²) < 4.78 is 28.9. The molecule has 1 aliphatic heterocycles. The maximum Gasteiger partial charge on any atom is 0.326 e. The Hall–Kier alpha value is -3.12. The van der Waals surface area contributed by atoms with Crippen LogP contribution in [0, 0.1) is 11.8 Å². The van der Waals surface area contributed by atoms with Crippen LogP contribution in [0.25, 0.3) is 10.9 Å². The molecule has 10 heteroatoms. The average molecular weight is 518 g/mol. The number of halogens is 2. The lowest BCUT2D eigenvalue weighted by molar-refractivity contribution is 0.0761. The van der Waals surface area contributed by atoms with Gasteiger partial charge in [-0.15, -0.1) is 11.6 Å². The summed E-state index contributed by atoms with van der Waals surface area (Å²) in [5.74, 6) is 8.97. The van der Waals surface area contributed by atoms with Crippen molar-refractivity contribution < 1.29 is 23.7 Å². The van der Waals surface area contributed by atoms with Crippen LogP contribution >= 0.6 is 23.2 Å². The lowest BCUT2D eigenvalue weighted by Crippen LogP contribution is -2.28. The highest BCUT2D eigenvalue weighted by molar-refractivity contribution is 6.32. The van der Waals surface area contributed by atoms with Gasteiger partial charge in [0.1, 0.15) is 30.3 Å². The van der Waals surface area contributed by atoms with Gasteiger partial charge >= 0.3 is 6.41 Å². The fourth-order valence-corrected chi connectivity index (χ4v) is 3.69. The van der Waals surface area contributed by atoms with E-state index < -0.39 is 6.41 Å². The third-order valence-corrected chi connectivity index (χ3v) is 5.36. The Bertz CT molecular complexity index is 1260. The van der Waals surface area contributed by atoms with Gasteiger partial charge in [-0.3, -0.25) is 0 Å². The van der Waals surface area contributed by atoms with E-state index in [0.717, 1.165) is 6.42 Å². The molecule has 2 heterocycles. The summed E-state index contributed by atoms with van der Waals surface area (Å²) in [4.78, 5) is 8.83. The quantitative estimate of drug-likeness (QED) is 0.234. The fraction of sp³-hybridized carbons (Fsp3) is 0.360. The number of ether oxygens (including phenoxy) is 5. The highest BCUT2D eigenvalue weighted by Crippen LogP contribution is 2.44. The molecule has 0 aliphatic carbocycles. The Morgan fingerprint density at radius 2 is 2.00 bits per heavy atom. The third-order valence-electron chi connectivity index (χ3n) is 4.79. The maximum atomic E-state index is 6.34. The number of fused-ring (bicyclic) bond motifs is 2. The van der Waals surface area contributed by atoms with Crippen LogP contribution in [-0.4, -0.2) is 48.7 Å². The number of nitrogens with one attached hydrogen (secondary N) is 1. The van der Waals surface area contributed by atoms with Crippen molar-refractivity contribution in [1.29, 1.82) is 0 Å². The zero-order valence-corrected chi connectivity index (χ0v) is 21.1. The summed E-state index contributed by atoms with van der Waals surface area (Å²) in [6, 6.07) is 7.13. The van der Waals surface area contributed by atoms with Crippen LogP contribution in [0.15, 0.2) is 30.6 Å². The molecule has 3 aromatic rings. The molecule has 0 saturated heterocycles. The van der Waals surface area contributed by atoms with E-state index in [0.29, 0.717) is 69.4 Å². The lowest BCUT2D eigenvalue weighted by Gasteiger charge is -2.18. The van der Waals surface area contributed by atoms with Gasteiger partial charge in [0.05, 0.1) is 34.2 Å². The van der Waals surface area contributed by atoms with Gasteiger partial charge in [-0.05, 0) is 32.4 Å². The Labute approximate surface area is 213 Å². The Morgan fingerprint density at radius 1 is 1.17 bits per heavy atom. The van der Waals surface area contributed by atoms with Crippen molar-refractivity contribution in [1.82, 2.24) is 9.97 Å². The number of nitrogens with zero attached hydrogens (tertiary/aromatic N) is 2. The molecule has 0 saturated carbocycles. The van der Waals surface area contributed by atoms with Gasteiger partial charge in [-0.1, -0.05) is 23.4 Å². The van der Waals surface area contributed by atoms with Gasteiger partial charge in [0.15, 0.2) is 11.5 Å². The van der Waals surface area contributed by atoms with Crippen molar-refractivity contribution in [2.75, 3.05) is 31.5 Å². The largest absolute Gasteiger partial charge is 0.493 e. The zero-order valence-electron chi connectivity index (χ0n) is 19.6. The Kier molecular flexibility index (Phi) is 8.24. The van der Waals surface area contributed by atoms with E-state index in [2.05, 4.69) is 27.1 Å². The van der Waals surface area contributed by atoms with Crippen LogP contribution in [-0.2, 0) is 4.74 Å². The minimum absolute atomic E-state index is 0.0837. The van der Waals surface area contributed by atoms with Gasteiger partial charge in [-0.25, -0.2) is 9.97 Å². The van der Waals surface area contributed by atoms with Crippen LogP contribution < -0.4 is 24.3 Å². The predicted molar refractivity (Wildman–Crippen MR) is 135 cm³/mol. The van der Waals surface area contributed by atoms with Crippen molar-refractivity contribution >= 4 is 39.9 Å².